The fourth-order valence-electron chi connectivity index (χ4n) is 1.58. The zero-order valence-electron chi connectivity index (χ0n) is 10.4. The third kappa shape index (κ3) is 3.67. The number of rotatable bonds is 5. The van der Waals surface area contributed by atoms with Gasteiger partial charge in [-0.2, -0.15) is 0 Å². The molecule has 1 aliphatic heterocycles. The molecule has 0 aliphatic carbocycles. The van der Waals surface area contributed by atoms with Crippen LogP contribution in [0.25, 0.3) is 0 Å². The van der Waals surface area contributed by atoms with Crippen LogP contribution in [0, 0.1) is 5.41 Å². The zero-order valence-corrected chi connectivity index (χ0v) is 10.4. The first-order chi connectivity index (χ1) is 7.86. The van der Waals surface area contributed by atoms with E-state index in [4.69, 9.17) is 16.2 Å². The van der Waals surface area contributed by atoms with Crippen LogP contribution in [0.2, 0.25) is 0 Å². The van der Waals surface area contributed by atoms with Crippen LogP contribution in [0.3, 0.4) is 0 Å². The summed E-state index contributed by atoms with van der Waals surface area (Å²) in [5.74, 6) is -0.639. The van der Waals surface area contributed by atoms with E-state index in [1.54, 1.807) is 13.8 Å². The van der Waals surface area contributed by atoms with Crippen molar-refractivity contribution in [3.05, 3.63) is 0 Å². The van der Waals surface area contributed by atoms with E-state index in [0.29, 0.717) is 13.0 Å². The Morgan fingerprint density at radius 1 is 1.41 bits per heavy atom. The number of hydrogen-bond acceptors (Lipinski definition) is 4. The van der Waals surface area contributed by atoms with Gasteiger partial charge >= 0.3 is 0 Å². The second kappa shape index (κ2) is 5.46. The molecule has 2 unspecified atom stereocenters. The molecule has 5 N–H and O–H groups in total. The lowest BCUT2D eigenvalue weighted by Gasteiger charge is -2.22. The summed E-state index contributed by atoms with van der Waals surface area (Å²) in [5, 5.41) is 2.69. The SMILES string of the molecule is CC(C)(CNC(=O)C1CCC(CN)O1)C(N)=O. The Balaban J connectivity index is 2.38. The second-order valence-electron chi connectivity index (χ2n) is 5.03. The molecule has 1 fully saturated rings. The van der Waals surface area contributed by atoms with Gasteiger partial charge < -0.3 is 21.5 Å². The molecular formula is C11H21N3O3. The first-order valence-electron chi connectivity index (χ1n) is 5.80. The number of nitrogens with two attached hydrogens (primary N) is 2. The number of amides is 2. The molecule has 0 spiro atoms. The number of carbonyl (C=O) groups excluding carboxylic acids is 2. The molecule has 2 amide bonds. The average molecular weight is 243 g/mol. The van der Waals surface area contributed by atoms with Gasteiger partial charge in [0.15, 0.2) is 0 Å². The summed E-state index contributed by atoms with van der Waals surface area (Å²) >= 11 is 0. The predicted octanol–water partition coefficient (Wildman–Crippen LogP) is -0.880. The van der Waals surface area contributed by atoms with Crippen molar-refractivity contribution in [1.82, 2.24) is 5.32 Å². The largest absolute Gasteiger partial charge is 0.369 e. The summed E-state index contributed by atoms with van der Waals surface area (Å²) in [5.41, 5.74) is 9.93. The van der Waals surface area contributed by atoms with Crippen molar-refractivity contribution in [3.63, 3.8) is 0 Å². The summed E-state index contributed by atoms with van der Waals surface area (Å²) in [6.07, 6.45) is 0.987. The normalized spacial score (nSPS) is 24.6. The van der Waals surface area contributed by atoms with Crippen molar-refractivity contribution in [2.75, 3.05) is 13.1 Å². The van der Waals surface area contributed by atoms with Crippen LogP contribution in [0.1, 0.15) is 26.7 Å². The van der Waals surface area contributed by atoms with Crippen LogP contribution >= 0.6 is 0 Å². The second-order valence-corrected chi connectivity index (χ2v) is 5.03. The van der Waals surface area contributed by atoms with Gasteiger partial charge in [-0.25, -0.2) is 0 Å². The van der Waals surface area contributed by atoms with Crippen molar-refractivity contribution in [2.24, 2.45) is 16.9 Å². The van der Waals surface area contributed by atoms with Crippen LogP contribution in [-0.2, 0) is 14.3 Å². The van der Waals surface area contributed by atoms with Gasteiger partial charge in [-0.1, -0.05) is 0 Å². The highest BCUT2D eigenvalue weighted by Gasteiger charge is 2.32. The Bertz CT molecular complexity index is 304. The first kappa shape index (κ1) is 13.9. The molecule has 1 saturated heterocycles. The standard InChI is InChI=1S/C11H21N3O3/c1-11(2,10(13)16)6-14-9(15)8-4-3-7(5-12)17-8/h7-8H,3-6,12H2,1-2H3,(H2,13,16)(H,14,15). The molecular weight excluding hydrogens is 222 g/mol. The number of hydrogen-bond donors (Lipinski definition) is 3. The van der Waals surface area contributed by atoms with Crippen LogP contribution in [-0.4, -0.2) is 37.1 Å². The highest BCUT2D eigenvalue weighted by atomic mass is 16.5. The highest BCUT2D eigenvalue weighted by molar-refractivity contribution is 5.83. The molecule has 1 rings (SSSR count). The van der Waals surface area contributed by atoms with E-state index in [9.17, 15) is 9.59 Å². The minimum absolute atomic E-state index is 0.0325. The maximum Gasteiger partial charge on any atom is 0.249 e. The fourth-order valence-corrected chi connectivity index (χ4v) is 1.58. The lowest BCUT2D eigenvalue weighted by atomic mass is 9.92. The Kier molecular flexibility index (Phi) is 4.47. The Morgan fingerprint density at radius 3 is 2.53 bits per heavy atom. The van der Waals surface area contributed by atoms with Gasteiger partial charge in [0, 0.05) is 13.1 Å². The van der Waals surface area contributed by atoms with E-state index in [1.165, 1.54) is 0 Å². The maximum absolute atomic E-state index is 11.7. The van der Waals surface area contributed by atoms with Gasteiger partial charge in [0.1, 0.15) is 6.10 Å². The minimum Gasteiger partial charge on any atom is -0.369 e. The van der Waals surface area contributed by atoms with Gasteiger partial charge in [-0.15, -0.1) is 0 Å². The van der Waals surface area contributed by atoms with Crippen molar-refractivity contribution in [3.8, 4) is 0 Å². The molecule has 0 aromatic carbocycles. The third-order valence-corrected chi connectivity index (χ3v) is 3.03. The highest BCUT2D eigenvalue weighted by Crippen LogP contribution is 2.19. The van der Waals surface area contributed by atoms with Gasteiger partial charge in [-0.3, -0.25) is 9.59 Å². The number of nitrogens with one attached hydrogen (secondary N) is 1. The van der Waals surface area contributed by atoms with Gasteiger partial charge in [0.05, 0.1) is 11.5 Å². The van der Waals surface area contributed by atoms with Crippen LogP contribution in [0.4, 0.5) is 0 Å². The lowest BCUT2D eigenvalue weighted by Crippen LogP contribution is -2.45. The van der Waals surface area contributed by atoms with E-state index < -0.39 is 17.4 Å². The Morgan fingerprint density at radius 2 is 2.06 bits per heavy atom. The van der Waals surface area contributed by atoms with E-state index in [0.717, 1.165) is 6.42 Å². The van der Waals surface area contributed by atoms with E-state index >= 15 is 0 Å². The van der Waals surface area contributed by atoms with E-state index in [2.05, 4.69) is 5.32 Å². The Labute approximate surface area is 101 Å². The number of ether oxygens (including phenoxy) is 1. The van der Waals surface area contributed by atoms with Gasteiger partial charge in [-0.05, 0) is 26.7 Å². The number of carbonyl (C=O) groups is 2. The lowest BCUT2D eigenvalue weighted by molar-refractivity contribution is -0.133. The molecule has 98 valence electrons. The number of primary amides is 1. The quantitative estimate of drug-likeness (QED) is 0.582. The fraction of sp³-hybridized carbons (Fsp3) is 0.818. The predicted molar refractivity (Wildman–Crippen MR) is 62.9 cm³/mol. The molecule has 0 bridgehead atoms. The molecule has 0 aromatic heterocycles. The van der Waals surface area contributed by atoms with Crippen molar-refractivity contribution < 1.29 is 14.3 Å². The van der Waals surface area contributed by atoms with Crippen molar-refractivity contribution >= 4 is 11.8 Å². The summed E-state index contributed by atoms with van der Waals surface area (Å²) in [6.45, 7) is 4.02. The average Bonchev–Trinajstić information content (AvgIpc) is 2.74. The van der Waals surface area contributed by atoms with Crippen LogP contribution < -0.4 is 16.8 Å². The van der Waals surface area contributed by atoms with E-state index in [-0.39, 0.29) is 18.6 Å². The maximum atomic E-state index is 11.7. The van der Waals surface area contributed by atoms with Crippen LogP contribution in [0.5, 0.6) is 0 Å². The summed E-state index contributed by atoms with van der Waals surface area (Å²) in [4.78, 5) is 22.8. The topological polar surface area (TPSA) is 107 Å². The summed E-state index contributed by atoms with van der Waals surface area (Å²) in [7, 11) is 0. The first-order valence-corrected chi connectivity index (χ1v) is 5.80. The molecule has 2 atom stereocenters. The summed E-state index contributed by atoms with van der Waals surface area (Å²) in [6, 6.07) is 0. The molecule has 0 saturated carbocycles. The van der Waals surface area contributed by atoms with Crippen LogP contribution in [0.15, 0.2) is 0 Å². The third-order valence-electron chi connectivity index (χ3n) is 3.03. The summed E-state index contributed by atoms with van der Waals surface area (Å²) < 4.78 is 5.44. The van der Waals surface area contributed by atoms with Crippen molar-refractivity contribution in [1.29, 1.82) is 0 Å². The van der Waals surface area contributed by atoms with E-state index in [1.807, 2.05) is 0 Å². The van der Waals surface area contributed by atoms with Crippen molar-refractivity contribution in [2.45, 2.75) is 38.9 Å². The molecule has 0 radical (unpaired) electrons. The monoisotopic (exact) mass is 243 g/mol. The smallest absolute Gasteiger partial charge is 0.249 e. The molecule has 1 aliphatic rings. The molecule has 17 heavy (non-hydrogen) atoms. The Hall–Kier alpha value is -1.14. The minimum atomic E-state index is -0.748. The zero-order chi connectivity index (χ0) is 13.1. The molecule has 6 heteroatoms. The molecule has 6 nitrogen and oxygen atoms in total. The van der Waals surface area contributed by atoms with Gasteiger partial charge in [0.2, 0.25) is 11.8 Å². The van der Waals surface area contributed by atoms with Gasteiger partial charge in [0.25, 0.3) is 0 Å². The molecule has 1 heterocycles. The molecule has 0 aromatic rings.